The Morgan fingerprint density at radius 3 is 2.77 bits per heavy atom. The van der Waals surface area contributed by atoms with Gasteiger partial charge in [0.25, 0.3) is 0 Å². The number of pyridine rings is 1. The molecule has 6 rings (SSSR count). The van der Waals surface area contributed by atoms with Crippen molar-refractivity contribution in [3.05, 3.63) is 75.2 Å². The molecule has 0 unspecified atom stereocenters. The summed E-state index contributed by atoms with van der Waals surface area (Å²) in [4.78, 5) is 4.49. The molecule has 0 saturated heterocycles. The first-order valence-electron chi connectivity index (χ1n) is 10.7. The number of fused-ring (bicyclic) bond motifs is 3. The molecule has 1 atom stereocenters. The number of halogens is 2. The predicted molar refractivity (Wildman–Crippen MR) is 124 cm³/mol. The summed E-state index contributed by atoms with van der Waals surface area (Å²) in [5.74, 6) is 0.895. The van der Waals surface area contributed by atoms with Crippen LogP contribution in [0.5, 0.6) is 5.75 Å². The molecule has 0 saturated carbocycles. The first kappa shape index (κ1) is 19.1. The highest BCUT2D eigenvalue weighted by Gasteiger charge is 2.33. The number of ether oxygens (including phenoxy) is 1. The average molecular weight is 450 g/mol. The molecule has 2 aromatic heterocycles. The molecule has 0 spiro atoms. The molecule has 6 heteroatoms. The Bertz CT molecular complexity index is 1340. The highest BCUT2D eigenvalue weighted by Crippen LogP contribution is 2.47. The number of hydrogen-bond donors (Lipinski definition) is 0. The maximum atomic E-state index is 6.60. The number of rotatable bonds is 2. The van der Waals surface area contributed by atoms with Crippen LogP contribution in [0.3, 0.4) is 0 Å². The van der Waals surface area contributed by atoms with Gasteiger partial charge in [-0.3, -0.25) is 9.67 Å². The molecule has 1 aliphatic carbocycles. The number of nitrogens with zero attached hydrogens (tertiary/aromatic N) is 3. The average Bonchev–Trinajstić information content (AvgIpc) is 3.34. The SMILES string of the molecule is Cn1nc([C@H]2Cc3cc(Cl)cc(-c4ccnc5cc(Cl)ccc45)c3O2)c2c1CCCC2. The molecule has 4 aromatic rings. The monoisotopic (exact) mass is 449 g/mol. The van der Waals surface area contributed by atoms with Gasteiger partial charge in [0, 0.05) is 57.5 Å². The van der Waals surface area contributed by atoms with Crippen LogP contribution in [0, 0.1) is 0 Å². The summed E-state index contributed by atoms with van der Waals surface area (Å²) >= 11 is 12.7. The molecule has 31 heavy (non-hydrogen) atoms. The summed E-state index contributed by atoms with van der Waals surface area (Å²) in [6.45, 7) is 0. The van der Waals surface area contributed by atoms with Crippen molar-refractivity contribution in [3.63, 3.8) is 0 Å². The van der Waals surface area contributed by atoms with Gasteiger partial charge >= 0.3 is 0 Å². The minimum absolute atomic E-state index is 0.0807. The maximum absolute atomic E-state index is 6.60. The summed E-state index contributed by atoms with van der Waals surface area (Å²) in [6.07, 6.45) is 7.14. The maximum Gasteiger partial charge on any atom is 0.147 e. The van der Waals surface area contributed by atoms with Gasteiger partial charge in [-0.2, -0.15) is 5.10 Å². The number of benzene rings is 2. The Labute approximate surface area is 190 Å². The van der Waals surface area contributed by atoms with Crippen LogP contribution < -0.4 is 4.74 Å². The fourth-order valence-corrected chi connectivity index (χ4v) is 5.50. The second-order valence-corrected chi connectivity index (χ2v) is 9.29. The zero-order valence-electron chi connectivity index (χ0n) is 17.2. The van der Waals surface area contributed by atoms with E-state index in [0.717, 1.165) is 58.3 Å². The molecule has 4 nitrogen and oxygen atoms in total. The molecule has 0 fully saturated rings. The third-order valence-electron chi connectivity index (χ3n) is 6.49. The van der Waals surface area contributed by atoms with Gasteiger partial charge in [0.1, 0.15) is 17.5 Å². The molecule has 3 heterocycles. The summed E-state index contributed by atoms with van der Waals surface area (Å²) in [5.41, 5.74) is 7.84. The molecule has 0 amide bonds. The molecular weight excluding hydrogens is 429 g/mol. The van der Waals surface area contributed by atoms with Crippen molar-refractivity contribution in [2.45, 2.75) is 38.2 Å². The van der Waals surface area contributed by atoms with Crippen molar-refractivity contribution >= 4 is 34.1 Å². The van der Waals surface area contributed by atoms with Crippen molar-refractivity contribution in [3.8, 4) is 16.9 Å². The third kappa shape index (κ3) is 3.12. The first-order valence-corrected chi connectivity index (χ1v) is 11.4. The molecule has 2 aromatic carbocycles. The standard InChI is InChI=1S/C25H21Cl2N3O/c1-30-22-5-3-2-4-19(22)24(29-30)23-11-14-10-16(27)12-20(25(14)31-23)17-8-9-28-21-13-15(26)6-7-18(17)21/h6-10,12-13,23H,2-5,11H2,1H3/t23-/m1/s1. The summed E-state index contributed by atoms with van der Waals surface area (Å²) in [7, 11) is 2.05. The molecular formula is C25H21Cl2N3O. The zero-order chi connectivity index (χ0) is 21.1. The van der Waals surface area contributed by atoms with Crippen LogP contribution >= 0.6 is 23.2 Å². The van der Waals surface area contributed by atoms with E-state index in [9.17, 15) is 0 Å². The Morgan fingerprint density at radius 1 is 1.00 bits per heavy atom. The van der Waals surface area contributed by atoms with Crippen molar-refractivity contribution < 1.29 is 4.74 Å². The van der Waals surface area contributed by atoms with E-state index in [2.05, 4.69) is 4.98 Å². The molecule has 0 N–H and O–H groups in total. The van der Waals surface area contributed by atoms with Gasteiger partial charge in [-0.15, -0.1) is 0 Å². The first-order chi connectivity index (χ1) is 15.1. The van der Waals surface area contributed by atoms with Gasteiger partial charge in [-0.25, -0.2) is 0 Å². The molecule has 156 valence electrons. The normalized spacial score (nSPS) is 17.5. The smallest absolute Gasteiger partial charge is 0.147 e. The second kappa shape index (κ2) is 7.25. The van der Waals surface area contributed by atoms with Crippen molar-refractivity contribution in [1.29, 1.82) is 0 Å². The molecule has 0 bridgehead atoms. The lowest BCUT2D eigenvalue weighted by Gasteiger charge is -2.16. The minimum atomic E-state index is -0.0807. The van der Waals surface area contributed by atoms with E-state index < -0.39 is 0 Å². The van der Waals surface area contributed by atoms with E-state index in [1.807, 2.05) is 54.3 Å². The zero-order valence-corrected chi connectivity index (χ0v) is 18.7. The van der Waals surface area contributed by atoms with Gasteiger partial charge in [0.05, 0.1) is 5.52 Å². The second-order valence-electron chi connectivity index (χ2n) is 8.41. The fourth-order valence-electron chi connectivity index (χ4n) is 5.10. The fraction of sp³-hybridized carbons (Fsp3) is 0.280. The van der Waals surface area contributed by atoms with Crippen LogP contribution in [0.25, 0.3) is 22.0 Å². The lowest BCUT2D eigenvalue weighted by atomic mass is 9.93. The van der Waals surface area contributed by atoms with Crippen LogP contribution in [0.1, 0.15) is 41.5 Å². The Morgan fingerprint density at radius 2 is 1.87 bits per heavy atom. The van der Waals surface area contributed by atoms with Gasteiger partial charge < -0.3 is 4.74 Å². The van der Waals surface area contributed by atoms with E-state index in [1.54, 1.807) is 0 Å². The van der Waals surface area contributed by atoms with Gasteiger partial charge in [-0.05, 0) is 61.6 Å². The number of aryl methyl sites for hydroxylation is 1. The summed E-state index contributed by atoms with van der Waals surface area (Å²) in [6, 6.07) is 11.8. The van der Waals surface area contributed by atoms with Crippen LogP contribution in [0.15, 0.2) is 42.6 Å². The lowest BCUT2D eigenvalue weighted by Crippen LogP contribution is -2.09. The van der Waals surface area contributed by atoms with Crippen molar-refractivity contribution in [2.75, 3.05) is 0 Å². The van der Waals surface area contributed by atoms with E-state index in [4.69, 9.17) is 33.0 Å². The van der Waals surface area contributed by atoms with Gasteiger partial charge in [-0.1, -0.05) is 29.3 Å². The summed E-state index contributed by atoms with van der Waals surface area (Å²) in [5, 5.41) is 7.28. The number of hydrogen-bond acceptors (Lipinski definition) is 3. The van der Waals surface area contributed by atoms with Crippen molar-refractivity contribution in [2.24, 2.45) is 7.05 Å². The lowest BCUT2D eigenvalue weighted by molar-refractivity contribution is 0.232. The topological polar surface area (TPSA) is 39.9 Å². The van der Waals surface area contributed by atoms with Crippen LogP contribution in [0.2, 0.25) is 10.0 Å². The van der Waals surface area contributed by atoms with Crippen LogP contribution in [0.4, 0.5) is 0 Å². The van der Waals surface area contributed by atoms with E-state index in [0.29, 0.717) is 10.0 Å². The third-order valence-corrected chi connectivity index (χ3v) is 6.95. The van der Waals surface area contributed by atoms with Crippen molar-refractivity contribution in [1.82, 2.24) is 14.8 Å². The highest BCUT2D eigenvalue weighted by molar-refractivity contribution is 6.31. The predicted octanol–water partition coefficient (Wildman–Crippen LogP) is 6.50. The molecule has 1 aliphatic heterocycles. The largest absolute Gasteiger partial charge is 0.483 e. The Kier molecular flexibility index (Phi) is 4.48. The Hall–Kier alpha value is -2.56. The van der Waals surface area contributed by atoms with Gasteiger partial charge in [0.15, 0.2) is 0 Å². The van der Waals surface area contributed by atoms with E-state index in [1.165, 1.54) is 24.1 Å². The van der Waals surface area contributed by atoms with Crippen LogP contribution in [-0.4, -0.2) is 14.8 Å². The van der Waals surface area contributed by atoms with Crippen LogP contribution in [-0.2, 0) is 26.3 Å². The Balaban J connectivity index is 1.47. The molecule has 0 radical (unpaired) electrons. The number of aromatic nitrogens is 3. The minimum Gasteiger partial charge on any atom is -0.483 e. The molecule has 2 aliphatic rings. The quantitative estimate of drug-likeness (QED) is 0.350. The summed E-state index contributed by atoms with van der Waals surface area (Å²) < 4.78 is 8.65. The highest BCUT2D eigenvalue weighted by atomic mass is 35.5. The van der Waals surface area contributed by atoms with E-state index >= 15 is 0 Å². The van der Waals surface area contributed by atoms with E-state index in [-0.39, 0.29) is 6.10 Å². The van der Waals surface area contributed by atoms with Gasteiger partial charge in [0.2, 0.25) is 0 Å².